The van der Waals surface area contributed by atoms with Crippen LogP contribution in [-0.4, -0.2) is 32.1 Å². The van der Waals surface area contributed by atoms with E-state index < -0.39 is 0 Å². The number of nitrogens with one attached hydrogen (secondary N) is 1. The number of carbonyl (C=O) groups is 1. The lowest BCUT2D eigenvalue weighted by atomic mass is 10.0. The Bertz CT molecular complexity index is 763. The van der Waals surface area contributed by atoms with Crippen LogP contribution in [0.2, 0.25) is 5.02 Å². The molecular weight excluding hydrogens is 316 g/mol. The van der Waals surface area contributed by atoms with Gasteiger partial charge in [0.05, 0.1) is 24.8 Å². The maximum Gasteiger partial charge on any atom is 0.257 e. The van der Waals surface area contributed by atoms with Gasteiger partial charge in [-0.1, -0.05) is 23.7 Å². The van der Waals surface area contributed by atoms with Gasteiger partial charge in [0, 0.05) is 18.3 Å². The van der Waals surface area contributed by atoms with Gasteiger partial charge in [-0.15, -0.1) is 0 Å². The Morgan fingerprint density at radius 2 is 1.91 bits per heavy atom. The Hall–Kier alpha value is -2.40. The smallest absolute Gasteiger partial charge is 0.257 e. The Kier molecular flexibility index (Phi) is 4.05. The molecule has 6 heteroatoms. The fourth-order valence-electron chi connectivity index (χ4n) is 2.75. The molecule has 1 aliphatic rings. The molecule has 1 unspecified atom stereocenters. The number of para-hydroxylation sites is 1. The molecule has 120 valence electrons. The van der Waals surface area contributed by atoms with E-state index in [4.69, 9.17) is 21.1 Å². The van der Waals surface area contributed by atoms with Crippen molar-refractivity contribution in [2.75, 3.05) is 26.6 Å². The van der Waals surface area contributed by atoms with Crippen molar-refractivity contribution in [3.63, 3.8) is 0 Å². The van der Waals surface area contributed by atoms with Crippen molar-refractivity contribution in [3.8, 4) is 11.5 Å². The van der Waals surface area contributed by atoms with E-state index in [1.165, 1.54) is 7.11 Å². The van der Waals surface area contributed by atoms with Crippen LogP contribution in [0.4, 0.5) is 5.69 Å². The third kappa shape index (κ3) is 2.57. The van der Waals surface area contributed by atoms with E-state index in [1.807, 2.05) is 24.3 Å². The number of methoxy groups -OCH3 is 2. The van der Waals surface area contributed by atoms with Crippen molar-refractivity contribution in [3.05, 3.63) is 52.5 Å². The lowest BCUT2D eigenvalue weighted by Crippen LogP contribution is -2.40. The second-order valence-corrected chi connectivity index (χ2v) is 5.65. The lowest BCUT2D eigenvalue weighted by Gasteiger charge is -2.35. The summed E-state index contributed by atoms with van der Waals surface area (Å²) in [6, 6.07) is 11.0. The monoisotopic (exact) mass is 332 g/mol. The third-order valence-corrected chi connectivity index (χ3v) is 4.21. The second-order valence-electron chi connectivity index (χ2n) is 5.25. The average Bonchev–Trinajstić information content (AvgIpc) is 2.57. The molecule has 0 bridgehead atoms. The summed E-state index contributed by atoms with van der Waals surface area (Å²) in [5.41, 5.74) is 2.27. The number of fused-ring (bicyclic) bond motifs is 1. The van der Waals surface area contributed by atoms with Gasteiger partial charge in [0.25, 0.3) is 5.91 Å². The van der Waals surface area contributed by atoms with Crippen molar-refractivity contribution in [2.45, 2.75) is 6.17 Å². The summed E-state index contributed by atoms with van der Waals surface area (Å²) in [5.74, 6) is 0.954. The van der Waals surface area contributed by atoms with E-state index >= 15 is 0 Å². The average molecular weight is 333 g/mol. The predicted molar refractivity (Wildman–Crippen MR) is 89.5 cm³/mol. The van der Waals surface area contributed by atoms with Crippen LogP contribution >= 0.6 is 11.6 Å². The number of hydrogen-bond acceptors (Lipinski definition) is 4. The molecule has 23 heavy (non-hydrogen) atoms. The van der Waals surface area contributed by atoms with Crippen LogP contribution < -0.4 is 14.8 Å². The van der Waals surface area contributed by atoms with Crippen molar-refractivity contribution < 1.29 is 14.3 Å². The molecule has 0 saturated heterocycles. The van der Waals surface area contributed by atoms with Gasteiger partial charge in [0.2, 0.25) is 0 Å². The van der Waals surface area contributed by atoms with Crippen LogP contribution in [0.5, 0.6) is 11.5 Å². The SMILES string of the molecule is COc1cc(C2Nc3ccccc3C(=O)N2C)cc(Cl)c1OC. The number of amides is 1. The topological polar surface area (TPSA) is 50.8 Å². The van der Waals surface area contributed by atoms with Gasteiger partial charge in [-0.05, 0) is 24.3 Å². The summed E-state index contributed by atoms with van der Waals surface area (Å²) in [7, 11) is 4.84. The molecule has 0 saturated carbocycles. The Labute approximate surface area is 139 Å². The molecule has 0 fully saturated rings. The summed E-state index contributed by atoms with van der Waals surface area (Å²) in [5, 5.41) is 3.79. The molecule has 3 rings (SSSR count). The van der Waals surface area contributed by atoms with Crippen molar-refractivity contribution in [1.29, 1.82) is 0 Å². The van der Waals surface area contributed by atoms with Crippen LogP contribution in [-0.2, 0) is 0 Å². The summed E-state index contributed by atoms with van der Waals surface area (Å²) >= 11 is 6.28. The van der Waals surface area contributed by atoms with Crippen molar-refractivity contribution in [2.24, 2.45) is 0 Å². The molecule has 1 N–H and O–H groups in total. The highest BCUT2D eigenvalue weighted by atomic mass is 35.5. The number of rotatable bonds is 3. The summed E-state index contributed by atoms with van der Waals surface area (Å²) < 4.78 is 10.6. The fourth-order valence-corrected chi connectivity index (χ4v) is 3.05. The lowest BCUT2D eigenvalue weighted by molar-refractivity contribution is 0.0735. The minimum absolute atomic E-state index is 0.0461. The Morgan fingerprint density at radius 1 is 1.17 bits per heavy atom. The molecule has 1 amide bonds. The molecule has 1 aliphatic heterocycles. The molecule has 5 nitrogen and oxygen atoms in total. The van der Waals surface area contributed by atoms with Gasteiger partial charge >= 0.3 is 0 Å². The molecule has 1 heterocycles. The summed E-state index contributed by atoms with van der Waals surface area (Å²) in [4.78, 5) is 14.2. The van der Waals surface area contributed by atoms with E-state index in [-0.39, 0.29) is 12.1 Å². The maximum absolute atomic E-state index is 12.6. The van der Waals surface area contributed by atoms with Crippen molar-refractivity contribution in [1.82, 2.24) is 4.90 Å². The Morgan fingerprint density at radius 3 is 2.61 bits per heavy atom. The van der Waals surface area contributed by atoms with Gasteiger partial charge in [-0.25, -0.2) is 0 Å². The van der Waals surface area contributed by atoms with Gasteiger partial charge in [0.1, 0.15) is 6.17 Å². The minimum Gasteiger partial charge on any atom is -0.493 e. The van der Waals surface area contributed by atoms with Crippen molar-refractivity contribution >= 4 is 23.2 Å². The fraction of sp³-hybridized carbons (Fsp3) is 0.235. The van der Waals surface area contributed by atoms with E-state index in [2.05, 4.69) is 5.32 Å². The molecule has 1 atom stereocenters. The van der Waals surface area contributed by atoms with Crippen LogP contribution in [0.3, 0.4) is 0 Å². The summed E-state index contributed by atoms with van der Waals surface area (Å²) in [6.45, 7) is 0. The van der Waals surface area contributed by atoms with E-state index in [0.29, 0.717) is 22.1 Å². The zero-order chi connectivity index (χ0) is 16.6. The first-order valence-corrected chi connectivity index (χ1v) is 7.48. The van der Waals surface area contributed by atoms with Crippen LogP contribution in [0.25, 0.3) is 0 Å². The van der Waals surface area contributed by atoms with Crippen LogP contribution in [0.15, 0.2) is 36.4 Å². The second kappa shape index (κ2) is 6.01. The number of nitrogens with zero attached hydrogens (tertiary/aromatic N) is 1. The minimum atomic E-state index is -0.338. The first-order chi connectivity index (χ1) is 11.1. The van der Waals surface area contributed by atoms with Gasteiger partial charge < -0.3 is 19.7 Å². The van der Waals surface area contributed by atoms with Crippen LogP contribution in [0, 0.1) is 0 Å². The van der Waals surface area contributed by atoms with E-state index in [0.717, 1.165) is 11.3 Å². The Balaban J connectivity index is 2.06. The van der Waals surface area contributed by atoms with Gasteiger partial charge in [-0.3, -0.25) is 4.79 Å². The number of halogens is 1. The predicted octanol–water partition coefficient (Wildman–Crippen LogP) is 3.55. The highest BCUT2D eigenvalue weighted by Gasteiger charge is 2.31. The van der Waals surface area contributed by atoms with E-state index in [1.54, 1.807) is 31.2 Å². The van der Waals surface area contributed by atoms with Crippen LogP contribution in [0.1, 0.15) is 22.1 Å². The largest absolute Gasteiger partial charge is 0.493 e. The molecular formula is C17H17ClN2O3. The number of hydrogen-bond donors (Lipinski definition) is 1. The number of ether oxygens (including phenoxy) is 2. The standard InChI is InChI=1S/C17H17ClN2O3/c1-20-16(19-13-7-5-4-6-11(13)17(20)21)10-8-12(18)15(23-3)14(9-10)22-2/h4-9,16,19H,1-3H3. The van der Waals surface area contributed by atoms with Gasteiger partial charge in [-0.2, -0.15) is 0 Å². The molecule has 0 spiro atoms. The zero-order valence-electron chi connectivity index (χ0n) is 13.1. The highest BCUT2D eigenvalue weighted by Crippen LogP contribution is 2.40. The first kappa shape index (κ1) is 15.5. The molecule has 0 radical (unpaired) electrons. The van der Waals surface area contributed by atoms with Gasteiger partial charge in [0.15, 0.2) is 11.5 Å². The first-order valence-electron chi connectivity index (χ1n) is 7.11. The summed E-state index contributed by atoms with van der Waals surface area (Å²) in [6.07, 6.45) is -0.338. The highest BCUT2D eigenvalue weighted by molar-refractivity contribution is 6.32. The number of anilines is 1. The number of carbonyl (C=O) groups excluding carboxylic acids is 1. The number of benzene rings is 2. The maximum atomic E-state index is 12.6. The van der Waals surface area contributed by atoms with E-state index in [9.17, 15) is 4.79 Å². The molecule has 0 aromatic heterocycles. The third-order valence-electron chi connectivity index (χ3n) is 3.93. The molecule has 2 aromatic rings. The quantitative estimate of drug-likeness (QED) is 0.933. The zero-order valence-corrected chi connectivity index (χ0v) is 13.8. The normalized spacial score (nSPS) is 16.6. The molecule has 0 aliphatic carbocycles. The molecule has 2 aromatic carbocycles.